The lowest BCUT2D eigenvalue weighted by Crippen LogP contribution is -2.48. The molecule has 2 aromatic carbocycles. The van der Waals surface area contributed by atoms with Gasteiger partial charge in [0.25, 0.3) is 5.91 Å². The molecule has 0 aliphatic heterocycles. The molecule has 0 spiro atoms. The third kappa shape index (κ3) is 5.85. The van der Waals surface area contributed by atoms with Gasteiger partial charge in [0.1, 0.15) is 17.2 Å². The summed E-state index contributed by atoms with van der Waals surface area (Å²) < 4.78 is 24.5. The average molecular weight is 511 g/mol. The molecule has 1 fully saturated rings. The largest absolute Gasteiger partial charge is 0.496 e. The van der Waals surface area contributed by atoms with Crippen LogP contribution in [0.5, 0.6) is 5.75 Å². The molecule has 1 heterocycles. The molecule has 1 aromatic heterocycles. The Morgan fingerprint density at radius 2 is 1.89 bits per heavy atom. The van der Waals surface area contributed by atoms with Crippen molar-refractivity contribution in [3.05, 3.63) is 63.9 Å². The van der Waals surface area contributed by atoms with Crippen molar-refractivity contribution in [3.8, 4) is 5.75 Å². The summed E-state index contributed by atoms with van der Waals surface area (Å²) in [6, 6.07) is 9.15. The molecule has 198 valence electrons. The lowest BCUT2D eigenvalue weighted by atomic mass is 9.70. The third-order valence-corrected chi connectivity index (χ3v) is 7.55. The van der Waals surface area contributed by atoms with E-state index in [9.17, 15) is 19.1 Å². The normalized spacial score (nSPS) is 16.4. The maximum absolute atomic E-state index is 14.2. The molecule has 1 atom stereocenters. The number of aryl methyl sites for hydroxylation is 1. The lowest BCUT2D eigenvalue weighted by molar-refractivity contribution is -0.138. The highest BCUT2D eigenvalue weighted by atomic mass is 19.1. The second-order valence-corrected chi connectivity index (χ2v) is 10.9. The molecule has 0 radical (unpaired) electrons. The lowest BCUT2D eigenvalue weighted by Gasteiger charge is -2.39. The predicted octanol–water partition coefficient (Wildman–Crippen LogP) is 5.65. The Labute approximate surface area is 216 Å². The Morgan fingerprint density at radius 3 is 2.59 bits per heavy atom. The molecule has 0 bridgehead atoms. The van der Waals surface area contributed by atoms with E-state index in [1.54, 1.807) is 31.2 Å². The zero-order valence-corrected chi connectivity index (χ0v) is 21.9. The molecular weight excluding hydrogens is 475 g/mol. The average Bonchev–Trinajstić information content (AvgIpc) is 2.86. The molecule has 1 saturated carbocycles. The minimum absolute atomic E-state index is 0.0693. The number of benzene rings is 2. The van der Waals surface area contributed by atoms with Gasteiger partial charge in [0, 0.05) is 16.6 Å². The summed E-state index contributed by atoms with van der Waals surface area (Å²) in [4.78, 5) is 25.8. The van der Waals surface area contributed by atoms with Crippen molar-refractivity contribution in [2.45, 2.75) is 76.7 Å². The summed E-state index contributed by atoms with van der Waals surface area (Å²) in [5, 5.41) is 19.6. The summed E-state index contributed by atoms with van der Waals surface area (Å²) in [5.74, 6) is -0.228. The van der Waals surface area contributed by atoms with Crippen molar-refractivity contribution in [1.82, 2.24) is 5.16 Å². The third-order valence-electron chi connectivity index (χ3n) is 7.55. The molecule has 4 rings (SSSR count). The first-order valence-corrected chi connectivity index (χ1v) is 12.8. The number of carbonyl (C=O) groups is 1. The number of amides is 1. The fourth-order valence-corrected chi connectivity index (χ4v) is 5.70. The van der Waals surface area contributed by atoms with Crippen LogP contribution in [0.15, 0.2) is 45.7 Å². The topological polar surface area (TPSA) is 102 Å². The number of hydrogen-bond donors (Lipinski definition) is 2. The zero-order chi connectivity index (χ0) is 26.8. The summed E-state index contributed by atoms with van der Waals surface area (Å²) in [7, 11) is 1.52. The number of aromatic nitrogens is 1. The molecule has 8 heteroatoms. The second-order valence-electron chi connectivity index (χ2n) is 10.9. The van der Waals surface area contributed by atoms with E-state index in [-0.39, 0.29) is 12.3 Å². The quantitative estimate of drug-likeness (QED) is 0.406. The molecule has 37 heavy (non-hydrogen) atoms. The minimum atomic E-state index is -1.72. The Balaban J connectivity index is 1.68. The van der Waals surface area contributed by atoms with Crippen LogP contribution in [0.2, 0.25) is 0 Å². The van der Waals surface area contributed by atoms with Gasteiger partial charge in [-0.15, -0.1) is 0 Å². The maximum atomic E-state index is 14.2. The van der Waals surface area contributed by atoms with Gasteiger partial charge >= 0.3 is 5.63 Å². The van der Waals surface area contributed by atoms with Crippen molar-refractivity contribution in [3.63, 3.8) is 0 Å². The van der Waals surface area contributed by atoms with E-state index < -0.39 is 28.4 Å². The number of methoxy groups -OCH3 is 1. The van der Waals surface area contributed by atoms with Gasteiger partial charge in [-0.2, -0.15) is 0 Å². The highest BCUT2D eigenvalue weighted by Crippen LogP contribution is 2.42. The van der Waals surface area contributed by atoms with Gasteiger partial charge in [-0.1, -0.05) is 51.1 Å². The van der Waals surface area contributed by atoms with E-state index in [0.717, 1.165) is 32.1 Å². The number of nitrogens with one attached hydrogen (secondary N) is 1. The van der Waals surface area contributed by atoms with Crippen LogP contribution < -0.4 is 15.7 Å². The summed E-state index contributed by atoms with van der Waals surface area (Å²) in [6.45, 7) is 5.48. The smallest absolute Gasteiger partial charge is 0.366 e. The van der Waals surface area contributed by atoms with Crippen molar-refractivity contribution >= 4 is 22.4 Å². The molecule has 1 amide bonds. The summed E-state index contributed by atoms with van der Waals surface area (Å²) in [6.07, 6.45) is 5.58. The van der Waals surface area contributed by atoms with Crippen LogP contribution in [0.4, 0.5) is 10.1 Å². The standard InChI is InChI=1S/C29H35FN2O5/c1-18-23-15-21(11-12-22(23)26(33)37-32-18)31-27(34)29(35,16-19-8-6-5-7-9-19)17-28(2,3)24-14-20(30)10-13-25(24)36-4/h10-15,19,35H,5-9,16-17H2,1-4H3,(H,31,34). The van der Waals surface area contributed by atoms with Gasteiger partial charge in [-0.3, -0.25) is 4.79 Å². The SMILES string of the molecule is COc1ccc(F)cc1C(C)(C)CC(O)(CC1CCCCC1)C(=O)Nc1ccc2c(=O)onc(C)c2c1. The van der Waals surface area contributed by atoms with Crippen LogP contribution in [0, 0.1) is 18.7 Å². The van der Waals surface area contributed by atoms with Crippen molar-refractivity contribution in [2.24, 2.45) is 5.92 Å². The van der Waals surface area contributed by atoms with E-state index in [1.165, 1.54) is 19.2 Å². The Hall–Kier alpha value is -3.26. The number of anilines is 1. The van der Waals surface area contributed by atoms with Gasteiger partial charge in [-0.05, 0) is 67.5 Å². The first kappa shape index (κ1) is 26.8. The van der Waals surface area contributed by atoms with Gasteiger partial charge in [0.2, 0.25) is 0 Å². The highest BCUT2D eigenvalue weighted by molar-refractivity contribution is 5.99. The van der Waals surface area contributed by atoms with Crippen LogP contribution in [-0.2, 0) is 10.2 Å². The number of fused-ring (bicyclic) bond motifs is 1. The van der Waals surface area contributed by atoms with Crippen LogP contribution in [0.25, 0.3) is 10.8 Å². The predicted molar refractivity (Wildman–Crippen MR) is 140 cm³/mol. The highest BCUT2D eigenvalue weighted by Gasteiger charge is 2.44. The number of aliphatic hydroxyl groups is 1. The van der Waals surface area contributed by atoms with Crippen molar-refractivity contribution in [2.75, 3.05) is 12.4 Å². The van der Waals surface area contributed by atoms with E-state index in [1.807, 2.05) is 13.8 Å². The Bertz CT molecular complexity index is 1350. The molecule has 2 N–H and O–H groups in total. The summed E-state index contributed by atoms with van der Waals surface area (Å²) in [5.41, 5.74) is -1.52. The number of nitrogens with zero attached hydrogens (tertiary/aromatic N) is 1. The van der Waals surface area contributed by atoms with E-state index in [4.69, 9.17) is 9.26 Å². The van der Waals surface area contributed by atoms with E-state index >= 15 is 0 Å². The van der Waals surface area contributed by atoms with E-state index in [2.05, 4.69) is 10.5 Å². The molecule has 1 aliphatic rings. The van der Waals surface area contributed by atoms with Gasteiger partial charge < -0.3 is 19.7 Å². The Morgan fingerprint density at radius 1 is 1.16 bits per heavy atom. The molecular formula is C29H35FN2O5. The van der Waals surface area contributed by atoms with Crippen molar-refractivity contribution in [1.29, 1.82) is 0 Å². The van der Waals surface area contributed by atoms with Crippen LogP contribution >= 0.6 is 0 Å². The Kier molecular flexibility index (Phi) is 7.69. The fraction of sp³-hybridized carbons (Fsp3) is 0.483. The molecule has 3 aromatic rings. The van der Waals surface area contributed by atoms with Gasteiger partial charge in [0.05, 0.1) is 18.2 Å². The first-order chi connectivity index (χ1) is 17.5. The number of carbonyl (C=O) groups excluding carboxylic acids is 1. The van der Waals surface area contributed by atoms with Crippen LogP contribution in [0.3, 0.4) is 0 Å². The number of rotatable bonds is 8. The van der Waals surface area contributed by atoms with Crippen molar-refractivity contribution < 1.29 is 23.6 Å². The van der Waals surface area contributed by atoms with Gasteiger partial charge in [0.15, 0.2) is 0 Å². The molecule has 1 unspecified atom stereocenters. The monoisotopic (exact) mass is 510 g/mol. The fourth-order valence-electron chi connectivity index (χ4n) is 5.70. The number of ether oxygens (including phenoxy) is 1. The molecule has 0 saturated heterocycles. The van der Waals surface area contributed by atoms with Gasteiger partial charge in [-0.25, -0.2) is 9.18 Å². The van der Waals surface area contributed by atoms with Crippen LogP contribution in [0.1, 0.15) is 70.1 Å². The number of hydrogen-bond acceptors (Lipinski definition) is 6. The molecule has 7 nitrogen and oxygen atoms in total. The molecule has 1 aliphatic carbocycles. The van der Waals surface area contributed by atoms with Crippen LogP contribution in [-0.4, -0.2) is 28.9 Å². The maximum Gasteiger partial charge on any atom is 0.366 e. The zero-order valence-electron chi connectivity index (χ0n) is 21.9. The van der Waals surface area contributed by atoms with E-state index in [0.29, 0.717) is 39.9 Å². The minimum Gasteiger partial charge on any atom is -0.496 e. The number of halogens is 1. The second kappa shape index (κ2) is 10.6. The first-order valence-electron chi connectivity index (χ1n) is 12.8. The summed E-state index contributed by atoms with van der Waals surface area (Å²) >= 11 is 0.